The average Bonchev–Trinajstić information content (AvgIpc) is 2.30. The van der Waals surface area contributed by atoms with Crippen molar-refractivity contribution < 1.29 is 9.13 Å². The van der Waals surface area contributed by atoms with Crippen LogP contribution in [0.3, 0.4) is 0 Å². The zero-order valence-corrected chi connectivity index (χ0v) is 10.4. The Balaban J connectivity index is 3.04. The molecule has 0 bridgehead atoms. The molecule has 0 aromatic heterocycles. The summed E-state index contributed by atoms with van der Waals surface area (Å²) in [5.41, 5.74) is 7.27. The molecule has 0 heterocycles. The molecule has 0 fully saturated rings. The van der Waals surface area contributed by atoms with Crippen molar-refractivity contribution >= 4 is 0 Å². The fourth-order valence-corrected chi connectivity index (χ4v) is 1.71. The third kappa shape index (κ3) is 2.42. The van der Waals surface area contributed by atoms with Crippen LogP contribution in [0.5, 0.6) is 0 Å². The van der Waals surface area contributed by atoms with Gasteiger partial charge in [0.25, 0.3) is 0 Å². The van der Waals surface area contributed by atoms with Crippen LogP contribution in [-0.4, -0.2) is 12.7 Å². The Kier molecular flexibility index (Phi) is 4.05. The number of nitrogens with two attached hydrogens (primary N) is 1. The molecular weight excluding hydrogens is 205 g/mol. The van der Waals surface area contributed by atoms with Gasteiger partial charge in [-0.15, -0.1) is 0 Å². The van der Waals surface area contributed by atoms with Crippen molar-refractivity contribution in [1.29, 1.82) is 0 Å². The van der Waals surface area contributed by atoms with Crippen LogP contribution in [0.2, 0.25) is 0 Å². The average molecular weight is 225 g/mol. The second-order valence-electron chi connectivity index (χ2n) is 4.36. The minimum Gasteiger partial charge on any atom is -0.377 e. The van der Waals surface area contributed by atoms with Crippen LogP contribution in [0.25, 0.3) is 0 Å². The monoisotopic (exact) mass is 225 g/mol. The van der Waals surface area contributed by atoms with Gasteiger partial charge in [-0.1, -0.05) is 19.1 Å². The van der Waals surface area contributed by atoms with Gasteiger partial charge in [-0.05, 0) is 37.5 Å². The molecule has 0 aliphatic rings. The van der Waals surface area contributed by atoms with E-state index in [1.54, 1.807) is 26.2 Å². The number of ether oxygens (including phenoxy) is 1. The second kappa shape index (κ2) is 4.93. The predicted molar refractivity (Wildman–Crippen MR) is 63.8 cm³/mol. The molecule has 0 aliphatic carbocycles. The van der Waals surface area contributed by atoms with E-state index in [1.165, 1.54) is 6.07 Å². The SMILES string of the molecule is CCC(C)(OC)C(N)c1ccc(F)c(C)c1. The minimum absolute atomic E-state index is 0.202. The lowest BCUT2D eigenvalue weighted by Gasteiger charge is -2.33. The summed E-state index contributed by atoms with van der Waals surface area (Å²) in [4.78, 5) is 0. The van der Waals surface area contributed by atoms with Crippen LogP contribution in [0, 0.1) is 12.7 Å². The first-order chi connectivity index (χ1) is 7.44. The number of halogens is 1. The van der Waals surface area contributed by atoms with Gasteiger partial charge in [-0.2, -0.15) is 0 Å². The number of methoxy groups -OCH3 is 1. The van der Waals surface area contributed by atoms with E-state index >= 15 is 0 Å². The molecule has 2 atom stereocenters. The summed E-state index contributed by atoms with van der Waals surface area (Å²) < 4.78 is 18.6. The number of aryl methyl sites for hydroxylation is 1. The van der Waals surface area contributed by atoms with Crippen LogP contribution >= 0.6 is 0 Å². The zero-order valence-electron chi connectivity index (χ0n) is 10.4. The number of hydrogen-bond donors (Lipinski definition) is 1. The lowest BCUT2D eigenvalue weighted by atomic mass is 9.88. The summed E-state index contributed by atoms with van der Waals surface area (Å²) in [6.45, 7) is 5.73. The standard InChI is InChI=1S/C13H20FNO/c1-5-13(3,16-4)12(15)10-6-7-11(14)9(2)8-10/h6-8,12H,5,15H2,1-4H3. The van der Waals surface area contributed by atoms with Crippen molar-refractivity contribution in [1.82, 2.24) is 0 Å². The van der Waals surface area contributed by atoms with Gasteiger partial charge in [0.1, 0.15) is 5.82 Å². The molecule has 0 spiro atoms. The Morgan fingerprint density at radius 2 is 2.12 bits per heavy atom. The van der Waals surface area contributed by atoms with Gasteiger partial charge < -0.3 is 10.5 Å². The van der Waals surface area contributed by atoms with Crippen LogP contribution in [0.1, 0.15) is 37.4 Å². The number of benzene rings is 1. The molecule has 16 heavy (non-hydrogen) atoms. The molecule has 90 valence electrons. The molecule has 2 N–H and O–H groups in total. The lowest BCUT2D eigenvalue weighted by molar-refractivity contribution is -0.0194. The summed E-state index contributed by atoms with van der Waals surface area (Å²) in [5.74, 6) is -0.202. The van der Waals surface area contributed by atoms with Crippen molar-refractivity contribution in [3.05, 3.63) is 35.1 Å². The molecule has 3 heteroatoms. The molecule has 1 aromatic rings. The maximum Gasteiger partial charge on any atom is 0.126 e. The summed E-state index contributed by atoms with van der Waals surface area (Å²) in [7, 11) is 1.65. The Hall–Kier alpha value is -0.930. The first kappa shape index (κ1) is 13.1. The van der Waals surface area contributed by atoms with Gasteiger partial charge in [0, 0.05) is 7.11 Å². The molecule has 0 aliphatic heterocycles. The van der Waals surface area contributed by atoms with Crippen molar-refractivity contribution in [2.45, 2.75) is 38.8 Å². The van der Waals surface area contributed by atoms with E-state index in [4.69, 9.17) is 10.5 Å². The highest BCUT2D eigenvalue weighted by molar-refractivity contribution is 5.28. The summed E-state index contributed by atoms with van der Waals surface area (Å²) in [6, 6.07) is 4.71. The van der Waals surface area contributed by atoms with Crippen LogP contribution in [0.4, 0.5) is 4.39 Å². The topological polar surface area (TPSA) is 35.2 Å². The largest absolute Gasteiger partial charge is 0.377 e. The van der Waals surface area contributed by atoms with E-state index in [9.17, 15) is 4.39 Å². The minimum atomic E-state index is -0.412. The van der Waals surface area contributed by atoms with E-state index in [0.29, 0.717) is 5.56 Å². The highest BCUT2D eigenvalue weighted by Gasteiger charge is 2.30. The van der Waals surface area contributed by atoms with Crippen molar-refractivity contribution in [2.75, 3.05) is 7.11 Å². The maximum absolute atomic E-state index is 13.2. The molecule has 0 amide bonds. The van der Waals surface area contributed by atoms with E-state index in [2.05, 4.69) is 0 Å². The van der Waals surface area contributed by atoms with Gasteiger partial charge >= 0.3 is 0 Å². The van der Waals surface area contributed by atoms with Gasteiger partial charge in [0.15, 0.2) is 0 Å². The van der Waals surface area contributed by atoms with Crippen molar-refractivity contribution in [3.63, 3.8) is 0 Å². The zero-order chi connectivity index (χ0) is 12.3. The first-order valence-electron chi connectivity index (χ1n) is 5.51. The molecule has 2 unspecified atom stereocenters. The third-order valence-electron chi connectivity index (χ3n) is 3.37. The van der Waals surface area contributed by atoms with Crippen molar-refractivity contribution in [2.24, 2.45) is 5.73 Å². The molecular formula is C13H20FNO. The van der Waals surface area contributed by atoms with E-state index in [-0.39, 0.29) is 11.9 Å². The van der Waals surface area contributed by atoms with Gasteiger partial charge in [0.2, 0.25) is 0 Å². The first-order valence-corrected chi connectivity index (χ1v) is 5.51. The highest BCUT2D eigenvalue weighted by atomic mass is 19.1. The van der Waals surface area contributed by atoms with Gasteiger partial charge in [-0.25, -0.2) is 4.39 Å². The Labute approximate surface area is 96.6 Å². The molecule has 0 saturated heterocycles. The normalized spacial score (nSPS) is 16.9. The summed E-state index contributed by atoms with van der Waals surface area (Å²) in [5, 5.41) is 0. The van der Waals surface area contributed by atoms with Crippen molar-refractivity contribution in [3.8, 4) is 0 Å². The fourth-order valence-electron chi connectivity index (χ4n) is 1.71. The number of rotatable bonds is 4. The van der Waals surface area contributed by atoms with E-state index in [1.807, 2.05) is 13.8 Å². The fraction of sp³-hybridized carbons (Fsp3) is 0.538. The molecule has 1 rings (SSSR count). The second-order valence-corrected chi connectivity index (χ2v) is 4.36. The quantitative estimate of drug-likeness (QED) is 0.855. The molecule has 2 nitrogen and oxygen atoms in total. The van der Waals surface area contributed by atoms with Crippen LogP contribution < -0.4 is 5.73 Å². The molecule has 1 aromatic carbocycles. The maximum atomic E-state index is 13.2. The van der Waals surface area contributed by atoms with Gasteiger partial charge in [0.05, 0.1) is 11.6 Å². The van der Waals surface area contributed by atoms with Crippen LogP contribution in [-0.2, 0) is 4.74 Å². The summed E-state index contributed by atoms with van der Waals surface area (Å²) >= 11 is 0. The Bertz CT molecular complexity index is 361. The molecule has 0 radical (unpaired) electrons. The van der Waals surface area contributed by atoms with E-state index in [0.717, 1.165) is 12.0 Å². The Morgan fingerprint density at radius 3 is 2.56 bits per heavy atom. The number of hydrogen-bond acceptors (Lipinski definition) is 2. The van der Waals surface area contributed by atoms with E-state index < -0.39 is 5.60 Å². The third-order valence-corrected chi connectivity index (χ3v) is 3.37. The highest BCUT2D eigenvalue weighted by Crippen LogP contribution is 2.30. The Morgan fingerprint density at radius 1 is 1.50 bits per heavy atom. The molecule has 0 saturated carbocycles. The van der Waals surface area contributed by atoms with Gasteiger partial charge in [-0.3, -0.25) is 0 Å². The summed E-state index contributed by atoms with van der Waals surface area (Å²) in [6.07, 6.45) is 0.807. The van der Waals surface area contributed by atoms with Crippen LogP contribution in [0.15, 0.2) is 18.2 Å². The predicted octanol–water partition coefficient (Wildman–Crippen LogP) is 2.95. The smallest absolute Gasteiger partial charge is 0.126 e. The lowest BCUT2D eigenvalue weighted by Crippen LogP contribution is -2.39.